The van der Waals surface area contributed by atoms with Crippen molar-refractivity contribution in [3.63, 3.8) is 0 Å². The van der Waals surface area contributed by atoms with Crippen LogP contribution in [0.15, 0.2) is 36.0 Å². The van der Waals surface area contributed by atoms with E-state index in [4.69, 9.17) is 0 Å². The Hall–Kier alpha value is -2.12. The van der Waals surface area contributed by atoms with Gasteiger partial charge >= 0.3 is 0 Å². The summed E-state index contributed by atoms with van der Waals surface area (Å²) in [6.07, 6.45) is 5.12. The maximum Gasteiger partial charge on any atom is 0.263 e. The van der Waals surface area contributed by atoms with Crippen LogP contribution in [-0.4, -0.2) is 27.7 Å². The minimum absolute atomic E-state index is 0.116. The van der Waals surface area contributed by atoms with Crippen molar-refractivity contribution in [2.45, 2.75) is 38.6 Å². The monoisotopic (exact) mass is 373 g/mol. The molecule has 7 heteroatoms. The van der Waals surface area contributed by atoms with E-state index in [9.17, 15) is 9.59 Å². The number of carbonyl (C=O) groups excluding carboxylic acids is 2. The molecule has 3 aromatic rings. The molecular formula is C18H19N3O2S2. The molecule has 0 unspecified atom stereocenters. The second-order valence-corrected chi connectivity index (χ2v) is 7.66. The molecule has 0 saturated heterocycles. The Morgan fingerprint density at radius 1 is 1.24 bits per heavy atom. The van der Waals surface area contributed by atoms with Gasteiger partial charge in [-0.1, -0.05) is 38.3 Å². The first-order valence-electron chi connectivity index (χ1n) is 8.28. The van der Waals surface area contributed by atoms with Crippen molar-refractivity contribution in [1.29, 1.82) is 0 Å². The van der Waals surface area contributed by atoms with Crippen molar-refractivity contribution in [3.05, 3.63) is 45.9 Å². The highest BCUT2D eigenvalue weighted by atomic mass is 32.1. The summed E-state index contributed by atoms with van der Waals surface area (Å²) in [4.78, 5) is 34.2. The van der Waals surface area contributed by atoms with Gasteiger partial charge in [-0.05, 0) is 18.6 Å². The molecule has 0 aliphatic heterocycles. The van der Waals surface area contributed by atoms with Crippen LogP contribution < -0.4 is 5.32 Å². The lowest BCUT2D eigenvalue weighted by Crippen LogP contribution is -2.40. The zero-order chi connectivity index (χ0) is 17.6. The molecule has 5 nitrogen and oxygen atoms in total. The number of nitrogens with one attached hydrogen (secondary N) is 1. The summed E-state index contributed by atoms with van der Waals surface area (Å²) in [6, 6.07) is 7.12. The Morgan fingerprint density at radius 2 is 2.08 bits per heavy atom. The van der Waals surface area contributed by atoms with E-state index in [1.165, 1.54) is 28.9 Å². The number of fused-ring (bicyclic) bond motifs is 1. The van der Waals surface area contributed by atoms with Crippen LogP contribution in [0.2, 0.25) is 0 Å². The van der Waals surface area contributed by atoms with E-state index in [2.05, 4.69) is 22.2 Å². The van der Waals surface area contributed by atoms with Crippen LogP contribution in [0.5, 0.6) is 0 Å². The maximum atomic E-state index is 12.9. The second-order valence-electron chi connectivity index (χ2n) is 5.74. The van der Waals surface area contributed by atoms with Crippen LogP contribution in [0.25, 0.3) is 10.2 Å². The predicted molar refractivity (Wildman–Crippen MR) is 101 cm³/mol. The Labute approximate surface area is 154 Å². The highest BCUT2D eigenvalue weighted by molar-refractivity contribution is 7.20. The molecular weight excluding hydrogens is 354 g/mol. The number of para-hydroxylation sites is 1. The summed E-state index contributed by atoms with van der Waals surface area (Å²) < 4.78 is 0.979. The van der Waals surface area contributed by atoms with E-state index in [1.54, 1.807) is 5.51 Å². The van der Waals surface area contributed by atoms with E-state index in [1.807, 2.05) is 24.3 Å². The van der Waals surface area contributed by atoms with Gasteiger partial charge in [-0.3, -0.25) is 14.6 Å². The van der Waals surface area contributed by atoms with Crippen molar-refractivity contribution in [3.8, 4) is 0 Å². The lowest BCUT2D eigenvalue weighted by Gasteiger charge is -2.15. The lowest BCUT2D eigenvalue weighted by atomic mass is 10.0. The first-order valence-corrected chi connectivity index (χ1v) is 9.97. The molecule has 0 bridgehead atoms. The molecule has 0 fully saturated rings. The minimum Gasteiger partial charge on any atom is -0.341 e. The Morgan fingerprint density at radius 3 is 2.80 bits per heavy atom. The number of nitrogens with zero attached hydrogens (tertiary/aromatic N) is 2. The minimum atomic E-state index is -0.554. The summed E-state index contributed by atoms with van der Waals surface area (Å²) in [6.45, 7) is 2.11. The number of aromatic nitrogens is 2. The van der Waals surface area contributed by atoms with Gasteiger partial charge in [0.2, 0.25) is 5.78 Å². The number of unbranched alkanes of at least 4 members (excludes halogenated alkanes) is 2. The summed E-state index contributed by atoms with van der Waals surface area (Å²) in [5, 5.41) is 3.32. The average Bonchev–Trinajstić information content (AvgIpc) is 3.29. The standard InChI is InChI=1S/C18H19N3O2S2/c1-2-3-4-8-13(20-17(23)15-10-19-11-24-15)16(22)18-21-12-7-5-6-9-14(12)25-18/h5-7,9-11,13H,2-4,8H2,1H3,(H,20,23)/t13-/m0/s1. The number of Topliss-reactive ketones (excluding diaryl/α,β-unsaturated/α-hetero) is 1. The molecule has 1 atom stereocenters. The summed E-state index contributed by atoms with van der Waals surface area (Å²) in [7, 11) is 0. The van der Waals surface area contributed by atoms with Crippen LogP contribution >= 0.6 is 22.7 Å². The molecule has 2 heterocycles. The molecule has 3 rings (SSSR count). The number of ketones is 1. The fraction of sp³-hybridized carbons (Fsp3) is 0.333. The molecule has 0 radical (unpaired) electrons. The predicted octanol–water partition coefficient (Wildman–Crippen LogP) is 4.31. The SMILES string of the molecule is CCCCC[C@H](NC(=O)c1cncs1)C(=O)c1nc2ccccc2s1. The number of thiazole rings is 2. The third-order valence-electron chi connectivity index (χ3n) is 3.88. The van der Waals surface area contributed by atoms with Crippen LogP contribution in [0, 0.1) is 0 Å². The summed E-state index contributed by atoms with van der Waals surface area (Å²) in [5.41, 5.74) is 2.42. The van der Waals surface area contributed by atoms with Crippen molar-refractivity contribution in [2.24, 2.45) is 0 Å². The molecule has 0 saturated carbocycles. The quantitative estimate of drug-likeness (QED) is 0.472. The van der Waals surface area contributed by atoms with Crippen molar-refractivity contribution < 1.29 is 9.59 Å². The van der Waals surface area contributed by atoms with Crippen molar-refractivity contribution in [2.75, 3.05) is 0 Å². The highest BCUT2D eigenvalue weighted by Gasteiger charge is 2.25. The Balaban J connectivity index is 1.79. The molecule has 1 amide bonds. The fourth-order valence-electron chi connectivity index (χ4n) is 2.55. The van der Waals surface area contributed by atoms with Crippen LogP contribution in [-0.2, 0) is 0 Å². The summed E-state index contributed by atoms with van der Waals surface area (Å²) in [5.74, 6) is -0.367. The van der Waals surface area contributed by atoms with Gasteiger partial charge in [0.1, 0.15) is 4.88 Å². The fourth-order valence-corrected chi connectivity index (χ4v) is 4.03. The van der Waals surface area contributed by atoms with Gasteiger partial charge in [-0.25, -0.2) is 4.98 Å². The Kier molecular flexibility index (Phi) is 5.88. The van der Waals surface area contributed by atoms with Gasteiger partial charge in [0.05, 0.1) is 28.0 Å². The summed E-state index contributed by atoms with van der Waals surface area (Å²) >= 11 is 2.64. The molecule has 1 aromatic carbocycles. The van der Waals surface area contributed by atoms with Crippen LogP contribution in [0.1, 0.15) is 52.1 Å². The van der Waals surface area contributed by atoms with Crippen LogP contribution in [0.3, 0.4) is 0 Å². The van der Waals surface area contributed by atoms with E-state index < -0.39 is 6.04 Å². The third-order valence-corrected chi connectivity index (χ3v) is 5.70. The van der Waals surface area contributed by atoms with Gasteiger partial charge < -0.3 is 5.32 Å². The molecule has 1 N–H and O–H groups in total. The Bertz CT molecular complexity index is 825. The van der Waals surface area contributed by atoms with E-state index >= 15 is 0 Å². The molecule has 0 aliphatic carbocycles. The molecule has 2 aromatic heterocycles. The number of carbonyl (C=O) groups is 2. The lowest BCUT2D eigenvalue weighted by molar-refractivity contribution is 0.0853. The number of hydrogen-bond donors (Lipinski definition) is 1. The maximum absolute atomic E-state index is 12.9. The van der Waals surface area contributed by atoms with Gasteiger partial charge in [0, 0.05) is 0 Å². The first-order chi connectivity index (χ1) is 12.2. The number of amides is 1. The van der Waals surface area contributed by atoms with Gasteiger partial charge in [0.15, 0.2) is 5.01 Å². The smallest absolute Gasteiger partial charge is 0.263 e. The average molecular weight is 374 g/mol. The van der Waals surface area contributed by atoms with Gasteiger partial charge in [-0.2, -0.15) is 0 Å². The molecule has 0 spiro atoms. The van der Waals surface area contributed by atoms with Gasteiger partial charge in [0.25, 0.3) is 5.91 Å². The first kappa shape index (κ1) is 17.7. The molecule has 25 heavy (non-hydrogen) atoms. The zero-order valence-corrected chi connectivity index (χ0v) is 15.5. The zero-order valence-electron chi connectivity index (χ0n) is 13.9. The highest BCUT2D eigenvalue weighted by Crippen LogP contribution is 2.23. The largest absolute Gasteiger partial charge is 0.341 e. The molecule has 130 valence electrons. The third kappa shape index (κ3) is 4.29. The number of benzene rings is 1. The van der Waals surface area contributed by atoms with E-state index in [0.717, 1.165) is 29.5 Å². The van der Waals surface area contributed by atoms with Crippen LogP contribution in [0.4, 0.5) is 0 Å². The van der Waals surface area contributed by atoms with Gasteiger partial charge in [-0.15, -0.1) is 22.7 Å². The normalized spacial score (nSPS) is 12.2. The van der Waals surface area contributed by atoms with E-state index in [-0.39, 0.29) is 11.7 Å². The second kappa shape index (κ2) is 8.31. The van der Waals surface area contributed by atoms with Crippen molar-refractivity contribution in [1.82, 2.24) is 15.3 Å². The number of hydrogen-bond acceptors (Lipinski definition) is 6. The molecule has 0 aliphatic rings. The number of rotatable bonds is 8. The topological polar surface area (TPSA) is 72.0 Å². The van der Waals surface area contributed by atoms with E-state index in [0.29, 0.717) is 16.3 Å². The van der Waals surface area contributed by atoms with Crippen molar-refractivity contribution >= 4 is 44.6 Å².